The summed E-state index contributed by atoms with van der Waals surface area (Å²) >= 11 is 1.30. The summed E-state index contributed by atoms with van der Waals surface area (Å²) in [6.45, 7) is 4.23. The third-order valence-electron chi connectivity index (χ3n) is 3.90. The van der Waals surface area contributed by atoms with Gasteiger partial charge in [0.2, 0.25) is 0 Å². The van der Waals surface area contributed by atoms with E-state index in [2.05, 4.69) is 9.98 Å². The summed E-state index contributed by atoms with van der Waals surface area (Å²) in [5.74, 6) is -0.115. The number of hydrogen-bond acceptors (Lipinski definition) is 6. The zero-order valence-electron chi connectivity index (χ0n) is 14.2. The fraction of sp³-hybridized carbons (Fsp3) is 0.167. The van der Waals surface area contributed by atoms with Crippen LogP contribution in [0.3, 0.4) is 0 Å². The molecule has 0 spiro atoms. The van der Waals surface area contributed by atoms with Crippen LogP contribution in [0.4, 0.5) is 11.4 Å². The first kappa shape index (κ1) is 17.8. The number of allylic oxidation sites excluding steroid dienone is 1. The van der Waals surface area contributed by atoms with Crippen LogP contribution in [0, 0.1) is 10.1 Å². The van der Waals surface area contributed by atoms with Crippen LogP contribution >= 0.6 is 11.8 Å². The first-order chi connectivity index (χ1) is 12.5. The van der Waals surface area contributed by atoms with E-state index in [0.29, 0.717) is 22.3 Å². The maximum Gasteiger partial charge on any atom is 0.269 e. The summed E-state index contributed by atoms with van der Waals surface area (Å²) in [7, 11) is 0. The fourth-order valence-corrected chi connectivity index (χ4v) is 3.62. The average Bonchev–Trinajstić information content (AvgIpc) is 2.97. The standard InChI is InChI=1S/C18H16N4O3S/c1-3-21-17(23)16(26-18(21)20-14-5-4-10-19-11-14)12(2)13-6-8-15(9-7-13)22(24)25/h4-11H,3H2,1-2H3/b16-12-,20-18?. The van der Waals surface area contributed by atoms with Crippen molar-refractivity contribution in [3.8, 4) is 0 Å². The second kappa shape index (κ2) is 7.49. The molecule has 132 valence electrons. The number of pyridine rings is 1. The van der Waals surface area contributed by atoms with Gasteiger partial charge in [0.15, 0.2) is 5.17 Å². The van der Waals surface area contributed by atoms with Gasteiger partial charge in [0.25, 0.3) is 11.6 Å². The molecule has 1 aliphatic rings. The Hall–Kier alpha value is -3.00. The molecule has 7 nitrogen and oxygen atoms in total. The highest BCUT2D eigenvalue weighted by molar-refractivity contribution is 8.18. The second-order valence-corrected chi connectivity index (χ2v) is 6.49. The number of hydrogen-bond donors (Lipinski definition) is 0. The summed E-state index contributed by atoms with van der Waals surface area (Å²) in [5, 5.41) is 11.4. The monoisotopic (exact) mass is 368 g/mol. The van der Waals surface area contributed by atoms with E-state index in [9.17, 15) is 14.9 Å². The molecule has 1 fully saturated rings. The lowest BCUT2D eigenvalue weighted by molar-refractivity contribution is -0.384. The van der Waals surface area contributed by atoms with Crippen LogP contribution in [0.2, 0.25) is 0 Å². The molecule has 0 saturated carbocycles. The Morgan fingerprint density at radius 2 is 2.04 bits per heavy atom. The summed E-state index contributed by atoms with van der Waals surface area (Å²) < 4.78 is 0. The van der Waals surface area contributed by atoms with Crippen LogP contribution < -0.4 is 0 Å². The first-order valence-corrected chi connectivity index (χ1v) is 8.77. The van der Waals surface area contributed by atoms with Crippen molar-refractivity contribution in [3.05, 3.63) is 69.4 Å². The minimum atomic E-state index is -0.445. The molecule has 1 aromatic heterocycles. The topological polar surface area (TPSA) is 88.7 Å². The minimum Gasteiger partial charge on any atom is -0.287 e. The first-order valence-electron chi connectivity index (χ1n) is 7.95. The van der Waals surface area contributed by atoms with Crippen molar-refractivity contribution in [2.24, 2.45) is 4.99 Å². The molecule has 0 bridgehead atoms. The number of amides is 1. The molecule has 2 aromatic rings. The molecule has 0 atom stereocenters. The molecule has 0 aliphatic carbocycles. The predicted octanol–water partition coefficient (Wildman–Crippen LogP) is 4.00. The number of benzene rings is 1. The lowest BCUT2D eigenvalue weighted by Gasteiger charge is -2.12. The van der Waals surface area contributed by atoms with Crippen molar-refractivity contribution >= 4 is 39.8 Å². The van der Waals surface area contributed by atoms with Gasteiger partial charge in [-0.25, -0.2) is 4.99 Å². The number of amidine groups is 1. The zero-order valence-corrected chi connectivity index (χ0v) is 15.1. The molecule has 1 aromatic carbocycles. The Kier molecular flexibility index (Phi) is 5.13. The van der Waals surface area contributed by atoms with Crippen molar-refractivity contribution < 1.29 is 9.72 Å². The number of nitro groups is 1. The Bertz CT molecular complexity index is 908. The van der Waals surface area contributed by atoms with Gasteiger partial charge >= 0.3 is 0 Å². The van der Waals surface area contributed by atoms with E-state index in [4.69, 9.17) is 0 Å². The second-order valence-electron chi connectivity index (χ2n) is 5.52. The minimum absolute atomic E-state index is 0.0194. The highest BCUT2D eigenvalue weighted by Crippen LogP contribution is 2.37. The van der Waals surface area contributed by atoms with E-state index in [0.717, 1.165) is 11.1 Å². The molecule has 3 rings (SSSR count). The van der Waals surface area contributed by atoms with Crippen LogP contribution in [0.5, 0.6) is 0 Å². The Balaban J connectivity index is 1.97. The van der Waals surface area contributed by atoms with Gasteiger partial charge in [-0.2, -0.15) is 0 Å². The quantitative estimate of drug-likeness (QED) is 0.462. The van der Waals surface area contributed by atoms with E-state index >= 15 is 0 Å². The van der Waals surface area contributed by atoms with Crippen LogP contribution in [0.1, 0.15) is 19.4 Å². The molecular weight excluding hydrogens is 352 g/mol. The largest absolute Gasteiger partial charge is 0.287 e. The number of aromatic nitrogens is 1. The maximum absolute atomic E-state index is 12.8. The number of non-ortho nitro benzene ring substituents is 1. The fourth-order valence-electron chi connectivity index (χ4n) is 2.49. The van der Waals surface area contributed by atoms with Crippen LogP contribution in [-0.4, -0.2) is 32.4 Å². The Morgan fingerprint density at radius 1 is 1.31 bits per heavy atom. The van der Waals surface area contributed by atoms with Crippen molar-refractivity contribution in [2.45, 2.75) is 13.8 Å². The van der Waals surface area contributed by atoms with E-state index in [-0.39, 0.29) is 11.6 Å². The average molecular weight is 368 g/mol. The number of aliphatic imine (C=N–C) groups is 1. The van der Waals surface area contributed by atoms with Gasteiger partial charge in [-0.3, -0.25) is 24.8 Å². The molecule has 1 amide bonds. The number of nitrogens with zero attached hydrogens (tertiary/aromatic N) is 4. The molecule has 0 unspecified atom stereocenters. The van der Waals surface area contributed by atoms with E-state index in [1.807, 2.05) is 19.9 Å². The van der Waals surface area contributed by atoms with Gasteiger partial charge < -0.3 is 0 Å². The van der Waals surface area contributed by atoms with E-state index < -0.39 is 4.92 Å². The zero-order chi connectivity index (χ0) is 18.7. The number of rotatable bonds is 4. The molecule has 1 aliphatic heterocycles. The summed E-state index contributed by atoms with van der Waals surface area (Å²) in [6.07, 6.45) is 3.30. The molecular formula is C18H16N4O3S. The predicted molar refractivity (Wildman–Crippen MR) is 102 cm³/mol. The molecule has 8 heteroatoms. The number of carbonyl (C=O) groups excluding carboxylic acids is 1. The molecule has 0 N–H and O–H groups in total. The van der Waals surface area contributed by atoms with E-state index in [1.54, 1.807) is 35.5 Å². The number of carbonyl (C=O) groups is 1. The lowest BCUT2D eigenvalue weighted by Crippen LogP contribution is -2.28. The highest BCUT2D eigenvalue weighted by atomic mass is 32.2. The summed E-state index contributed by atoms with van der Waals surface area (Å²) in [5.41, 5.74) is 2.23. The van der Waals surface area contributed by atoms with Crippen molar-refractivity contribution in [3.63, 3.8) is 0 Å². The van der Waals surface area contributed by atoms with Gasteiger partial charge in [-0.05, 0) is 61.0 Å². The third-order valence-corrected chi connectivity index (χ3v) is 5.08. The van der Waals surface area contributed by atoms with Crippen LogP contribution in [0.15, 0.2) is 58.7 Å². The molecule has 1 saturated heterocycles. The number of likely N-dealkylation sites (N-methyl/N-ethyl adjacent to an activating group) is 1. The highest BCUT2D eigenvalue weighted by Gasteiger charge is 2.34. The lowest BCUT2D eigenvalue weighted by atomic mass is 10.1. The van der Waals surface area contributed by atoms with Gasteiger partial charge in [0.05, 0.1) is 21.7 Å². The summed E-state index contributed by atoms with van der Waals surface area (Å²) in [6, 6.07) is 9.79. The van der Waals surface area contributed by atoms with Gasteiger partial charge in [0.1, 0.15) is 0 Å². The van der Waals surface area contributed by atoms with Gasteiger partial charge in [-0.15, -0.1) is 0 Å². The van der Waals surface area contributed by atoms with Crippen molar-refractivity contribution in [2.75, 3.05) is 6.54 Å². The van der Waals surface area contributed by atoms with Crippen LogP contribution in [-0.2, 0) is 4.79 Å². The smallest absolute Gasteiger partial charge is 0.269 e. The molecule has 0 radical (unpaired) electrons. The van der Waals surface area contributed by atoms with Crippen LogP contribution in [0.25, 0.3) is 5.57 Å². The maximum atomic E-state index is 12.8. The van der Waals surface area contributed by atoms with E-state index in [1.165, 1.54) is 23.9 Å². The number of nitro benzene ring substituents is 1. The van der Waals surface area contributed by atoms with Gasteiger partial charge in [0, 0.05) is 24.9 Å². The van der Waals surface area contributed by atoms with Crippen molar-refractivity contribution in [1.29, 1.82) is 0 Å². The van der Waals surface area contributed by atoms with Gasteiger partial charge in [-0.1, -0.05) is 0 Å². The normalized spacial score (nSPS) is 17.7. The summed E-state index contributed by atoms with van der Waals surface area (Å²) in [4.78, 5) is 33.9. The van der Waals surface area contributed by atoms with Crippen molar-refractivity contribution in [1.82, 2.24) is 9.88 Å². The molecule has 26 heavy (non-hydrogen) atoms. The SMILES string of the molecule is CCN1C(=O)/C(=C(\C)c2ccc([N+](=O)[O-])cc2)SC1=Nc1cccnc1. The Morgan fingerprint density at radius 3 is 2.62 bits per heavy atom. The third kappa shape index (κ3) is 3.50. The Labute approximate surface area is 154 Å². The molecule has 2 heterocycles. The number of thioether (sulfide) groups is 1.